The van der Waals surface area contributed by atoms with Crippen molar-refractivity contribution in [1.29, 1.82) is 0 Å². The van der Waals surface area contributed by atoms with Crippen LogP contribution < -0.4 is 10.0 Å². The minimum atomic E-state index is -3.68. The molecule has 6 heteroatoms. The van der Waals surface area contributed by atoms with E-state index in [0.29, 0.717) is 18.8 Å². The summed E-state index contributed by atoms with van der Waals surface area (Å²) < 4.78 is 28.2. The molecule has 0 amide bonds. The Labute approximate surface area is 101 Å². The van der Waals surface area contributed by atoms with Gasteiger partial charge in [0.2, 0.25) is 10.0 Å². The highest BCUT2D eigenvalue weighted by Crippen LogP contribution is 2.33. The Hall–Kier alpha value is -1.11. The van der Waals surface area contributed by atoms with Crippen LogP contribution in [0.15, 0.2) is 29.2 Å². The van der Waals surface area contributed by atoms with Gasteiger partial charge in [-0.2, -0.15) is 0 Å². The average molecular weight is 256 g/mol. The lowest BCUT2D eigenvalue weighted by Gasteiger charge is -2.48. The third kappa shape index (κ3) is 2.29. The lowest BCUT2D eigenvalue weighted by atomic mass is 9.95. The highest BCUT2D eigenvalue weighted by atomic mass is 32.2. The van der Waals surface area contributed by atoms with E-state index in [1.807, 2.05) is 11.8 Å². The average Bonchev–Trinajstić information content (AvgIpc) is 2.23. The zero-order valence-electron chi connectivity index (χ0n) is 9.88. The zero-order valence-corrected chi connectivity index (χ0v) is 10.7. The molecule has 1 aromatic rings. The molecule has 1 aromatic carbocycles. The van der Waals surface area contributed by atoms with E-state index in [1.165, 1.54) is 6.07 Å². The fraction of sp³-hybridized carbons (Fsp3) is 0.455. The van der Waals surface area contributed by atoms with Crippen molar-refractivity contribution in [2.45, 2.75) is 17.4 Å². The van der Waals surface area contributed by atoms with Gasteiger partial charge in [0, 0.05) is 20.2 Å². The normalized spacial score (nSPS) is 18.9. The second kappa shape index (κ2) is 3.97. The number of ether oxygens (including phenoxy) is 1. The summed E-state index contributed by atoms with van der Waals surface area (Å²) in [6.07, 6.45) is 0. The van der Waals surface area contributed by atoms with Crippen molar-refractivity contribution in [1.82, 2.24) is 0 Å². The number of nitrogens with two attached hydrogens (primary N) is 1. The molecule has 94 valence electrons. The molecule has 2 N–H and O–H groups in total. The number of primary sulfonamides is 1. The minimum Gasteiger partial charge on any atom is -0.375 e. The summed E-state index contributed by atoms with van der Waals surface area (Å²) in [5, 5.41) is 5.19. The van der Waals surface area contributed by atoms with Gasteiger partial charge < -0.3 is 9.64 Å². The molecule has 0 atom stereocenters. The third-order valence-corrected chi connectivity index (χ3v) is 4.01. The summed E-state index contributed by atoms with van der Waals surface area (Å²) >= 11 is 0. The van der Waals surface area contributed by atoms with Gasteiger partial charge in [0.05, 0.1) is 11.3 Å². The molecule has 0 unspecified atom stereocenters. The zero-order chi connectivity index (χ0) is 12.7. The fourth-order valence-corrected chi connectivity index (χ4v) is 2.78. The number of hydrogen-bond donors (Lipinski definition) is 1. The summed E-state index contributed by atoms with van der Waals surface area (Å²) in [5.41, 5.74) is 0.440. The molecule has 0 saturated carbocycles. The number of hydrogen-bond acceptors (Lipinski definition) is 4. The molecule has 0 aliphatic carbocycles. The summed E-state index contributed by atoms with van der Waals surface area (Å²) in [4.78, 5) is 2.11. The van der Waals surface area contributed by atoms with E-state index in [9.17, 15) is 8.42 Å². The van der Waals surface area contributed by atoms with E-state index in [-0.39, 0.29) is 10.5 Å². The first kappa shape index (κ1) is 12.3. The van der Waals surface area contributed by atoms with E-state index in [0.717, 1.165) is 0 Å². The number of sulfonamides is 1. The van der Waals surface area contributed by atoms with Crippen molar-refractivity contribution >= 4 is 15.7 Å². The SMILES string of the molecule is COC1(C)CN(c2ccccc2S(N)(=O)=O)C1. The van der Waals surface area contributed by atoms with Crippen LogP contribution in [-0.4, -0.2) is 34.2 Å². The van der Waals surface area contributed by atoms with Gasteiger partial charge >= 0.3 is 0 Å². The van der Waals surface area contributed by atoms with Crippen LogP contribution >= 0.6 is 0 Å². The van der Waals surface area contributed by atoms with Crippen LogP contribution in [0.4, 0.5) is 5.69 Å². The van der Waals surface area contributed by atoms with Crippen molar-refractivity contribution in [2.75, 3.05) is 25.1 Å². The van der Waals surface area contributed by atoms with Crippen LogP contribution in [0.5, 0.6) is 0 Å². The molecule has 1 aliphatic heterocycles. The van der Waals surface area contributed by atoms with E-state index in [4.69, 9.17) is 9.88 Å². The predicted octanol–water partition coefficient (Wildman–Crippen LogP) is 0.559. The van der Waals surface area contributed by atoms with E-state index in [2.05, 4.69) is 0 Å². The number of para-hydroxylation sites is 1. The molecule has 0 aromatic heterocycles. The second-order valence-electron chi connectivity index (χ2n) is 4.52. The van der Waals surface area contributed by atoms with Crippen LogP contribution in [0, 0.1) is 0 Å². The lowest BCUT2D eigenvalue weighted by Crippen LogP contribution is -2.61. The molecule has 1 heterocycles. The number of nitrogens with zero attached hydrogens (tertiary/aromatic N) is 1. The fourth-order valence-electron chi connectivity index (χ4n) is 2.02. The summed E-state index contributed by atoms with van der Waals surface area (Å²) in [6.45, 7) is 3.31. The van der Waals surface area contributed by atoms with Gasteiger partial charge in [0.15, 0.2) is 0 Å². The van der Waals surface area contributed by atoms with Gasteiger partial charge in [-0.25, -0.2) is 13.6 Å². The maximum Gasteiger partial charge on any atom is 0.240 e. The molecular weight excluding hydrogens is 240 g/mol. The number of rotatable bonds is 3. The van der Waals surface area contributed by atoms with Gasteiger partial charge in [-0.05, 0) is 19.1 Å². The lowest BCUT2D eigenvalue weighted by molar-refractivity contribution is -0.0170. The summed E-state index contributed by atoms with van der Waals surface area (Å²) in [7, 11) is -2.03. The monoisotopic (exact) mass is 256 g/mol. The molecular formula is C11H16N2O3S. The number of anilines is 1. The smallest absolute Gasteiger partial charge is 0.240 e. The summed E-state index contributed by atoms with van der Waals surface area (Å²) in [6, 6.07) is 6.74. The van der Waals surface area contributed by atoms with Crippen LogP contribution in [0.2, 0.25) is 0 Å². The predicted molar refractivity (Wildman–Crippen MR) is 65.4 cm³/mol. The first-order valence-electron chi connectivity index (χ1n) is 5.28. The Morgan fingerprint density at radius 2 is 1.94 bits per heavy atom. The molecule has 1 saturated heterocycles. The quantitative estimate of drug-likeness (QED) is 0.857. The molecule has 0 spiro atoms. The maximum absolute atomic E-state index is 11.4. The maximum atomic E-state index is 11.4. The molecule has 17 heavy (non-hydrogen) atoms. The van der Waals surface area contributed by atoms with Crippen molar-refractivity contribution in [3.63, 3.8) is 0 Å². The van der Waals surface area contributed by atoms with Crippen LogP contribution in [-0.2, 0) is 14.8 Å². The first-order chi connectivity index (χ1) is 7.86. The Morgan fingerprint density at radius 1 is 1.35 bits per heavy atom. The summed E-state index contributed by atoms with van der Waals surface area (Å²) in [5.74, 6) is 0. The Morgan fingerprint density at radius 3 is 2.47 bits per heavy atom. The first-order valence-corrected chi connectivity index (χ1v) is 6.82. The number of benzene rings is 1. The number of methoxy groups -OCH3 is 1. The van der Waals surface area contributed by atoms with Crippen LogP contribution in [0.3, 0.4) is 0 Å². The second-order valence-corrected chi connectivity index (χ2v) is 6.05. The van der Waals surface area contributed by atoms with E-state index < -0.39 is 10.0 Å². The molecule has 0 radical (unpaired) electrons. The van der Waals surface area contributed by atoms with E-state index >= 15 is 0 Å². The molecule has 5 nitrogen and oxygen atoms in total. The van der Waals surface area contributed by atoms with Crippen molar-refractivity contribution in [3.8, 4) is 0 Å². The van der Waals surface area contributed by atoms with Gasteiger partial charge in [0.25, 0.3) is 0 Å². The van der Waals surface area contributed by atoms with Gasteiger partial charge in [0.1, 0.15) is 4.90 Å². The Kier molecular flexibility index (Phi) is 2.89. The molecule has 0 bridgehead atoms. The van der Waals surface area contributed by atoms with Gasteiger partial charge in [-0.3, -0.25) is 0 Å². The minimum absolute atomic E-state index is 0.165. The van der Waals surface area contributed by atoms with Crippen molar-refractivity contribution in [2.24, 2.45) is 5.14 Å². The highest BCUT2D eigenvalue weighted by Gasteiger charge is 2.40. The molecule has 1 aliphatic rings. The van der Waals surface area contributed by atoms with E-state index in [1.54, 1.807) is 25.3 Å². The largest absolute Gasteiger partial charge is 0.375 e. The van der Waals surface area contributed by atoms with Crippen molar-refractivity contribution < 1.29 is 13.2 Å². The third-order valence-electron chi connectivity index (χ3n) is 3.06. The topological polar surface area (TPSA) is 72.6 Å². The Bertz CT molecular complexity index is 521. The van der Waals surface area contributed by atoms with Crippen LogP contribution in [0.1, 0.15) is 6.92 Å². The highest BCUT2D eigenvalue weighted by molar-refractivity contribution is 7.89. The van der Waals surface area contributed by atoms with Gasteiger partial charge in [-0.1, -0.05) is 12.1 Å². The Balaban J connectivity index is 2.30. The standard InChI is InChI=1S/C11H16N2O3S/c1-11(16-2)7-13(8-11)9-5-3-4-6-10(9)17(12,14)15/h3-6H,7-8H2,1-2H3,(H2,12,14,15). The molecule has 1 fully saturated rings. The van der Waals surface area contributed by atoms with Crippen LogP contribution in [0.25, 0.3) is 0 Å². The van der Waals surface area contributed by atoms with Crippen molar-refractivity contribution in [3.05, 3.63) is 24.3 Å². The van der Waals surface area contributed by atoms with Gasteiger partial charge in [-0.15, -0.1) is 0 Å². The molecule has 2 rings (SSSR count).